The fraction of sp³-hybridized carbons (Fsp3) is 0.208. The van der Waals surface area contributed by atoms with E-state index in [0.29, 0.717) is 13.2 Å². The molecule has 1 N–H and O–H groups in total. The summed E-state index contributed by atoms with van der Waals surface area (Å²) >= 11 is 1.54. The Morgan fingerprint density at radius 3 is 2.71 bits per heavy atom. The molecule has 0 saturated carbocycles. The predicted octanol–water partition coefficient (Wildman–Crippen LogP) is 4.30. The van der Waals surface area contributed by atoms with Gasteiger partial charge in [-0.25, -0.2) is 9.67 Å². The molecule has 0 radical (unpaired) electrons. The lowest BCUT2D eigenvalue weighted by Gasteiger charge is -2.03. The number of thiazole rings is 1. The zero-order valence-electron chi connectivity index (χ0n) is 17.3. The molecule has 1 amide bonds. The summed E-state index contributed by atoms with van der Waals surface area (Å²) in [6.45, 7) is 3.17. The Bertz CT molecular complexity index is 1120. The van der Waals surface area contributed by atoms with Gasteiger partial charge in [-0.05, 0) is 55.3 Å². The molecular weight excluding hydrogens is 408 g/mol. The lowest BCUT2D eigenvalue weighted by atomic mass is 10.2. The number of hydrogen-bond donors (Lipinski definition) is 1. The molecule has 0 aliphatic carbocycles. The summed E-state index contributed by atoms with van der Waals surface area (Å²) in [5.74, 6) is 0.815. The number of amides is 1. The van der Waals surface area contributed by atoms with Crippen molar-refractivity contribution in [2.24, 2.45) is 0 Å². The van der Waals surface area contributed by atoms with E-state index in [2.05, 4.69) is 15.4 Å². The molecule has 4 rings (SSSR count). The average Bonchev–Trinajstić information content (AvgIpc) is 3.45. The quantitative estimate of drug-likeness (QED) is 0.428. The molecule has 2 heterocycles. The summed E-state index contributed by atoms with van der Waals surface area (Å²) in [5, 5.41) is 10.2. The maximum absolute atomic E-state index is 12.3. The summed E-state index contributed by atoms with van der Waals surface area (Å²) in [6, 6.07) is 17.8. The average molecular weight is 433 g/mol. The number of rotatable bonds is 9. The highest BCUT2D eigenvalue weighted by molar-refractivity contribution is 7.13. The Kier molecular flexibility index (Phi) is 6.74. The van der Waals surface area contributed by atoms with Gasteiger partial charge in [-0.2, -0.15) is 5.10 Å². The molecule has 6 nitrogen and oxygen atoms in total. The number of aromatic nitrogens is 3. The number of nitrogens with zero attached hydrogens (tertiary/aromatic N) is 3. The normalized spacial score (nSPS) is 10.7. The Hall–Kier alpha value is -3.45. The third-order valence-corrected chi connectivity index (χ3v) is 5.64. The lowest BCUT2D eigenvalue weighted by molar-refractivity contribution is -0.120. The number of hydrogen-bond acceptors (Lipinski definition) is 5. The van der Waals surface area contributed by atoms with Crippen LogP contribution in [0.1, 0.15) is 18.2 Å². The van der Waals surface area contributed by atoms with E-state index in [1.807, 2.05) is 84.0 Å². The summed E-state index contributed by atoms with van der Waals surface area (Å²) in [6.07, 6.45) is 4.83. The van der Waals surface area contributed by atoms with Gasteiger partial charge in [-0.1, -0.05) is 18.2 Å². The largest absolute Gasteiger partial charge is 0.494 e. The van der Waals surface area contributed by atoms with Gasteiger partial charge < -0.3 is 10.1 Å². The molecule has 0 spiro atoms. The van der Waals surface area contributed by atoms with Crippen molar-refractivity contribution < 1.29 is 9.53 Å². The monoisotopic (exact) mass is 432 g/mol. The highest BCUT2D eigenvalue weighted by Crippen LogP contribution is 2.26. The molecule has 4 aromatic rings. The van der Waals surface area contributed by atoms with E-state index in [4.69, 9.17) is 4.74 Å². The maximum Gasteiger partial charge on any atom is 0.226 e. The van der Waals surface area contributed by atoms with Crippen LogP contribution in [0.5, 0.6) is 5.75 Å². The number of carbonyl (C=O) groups is 1. The van der Waals surface area contributed by atoms with Crippen LogP contribution in [0.4, 0.5) is 0 Å². The standard InChI is InChI=1S/C24H24N4O2S/c1-2-30-22-10-8-19(9-11-22)24-27-20(17-31-24)14-23(29)25-13-12-18-15-26-28(16-18)21-6-4-3-5-7-21/h3-11,15-17H,2,12-14H2,1H3,(H,25,29). The van der Waals surface area contributed by atoms with E-state index >= 15 is 0 Å². The van der Waals surface area contributed by atoms with E-state index in [0.717, 1.165) is 39.7 Å². The minimum atomic E-state index is -0.0287. The van der Waals surface area contributed by atoms with Crippen molar-refractivity contribution in [3.8, 4) is 22.0 Å². The molecule has 31 heavy (non-hydrogen) atoms. The zero-order chi connectivity index (χ0) is 21.5. The van der Waals surface area contributed by atoms with Crippen LogP contribution in [-0.4, -0.2) is 33.8 Å². The fourth-order valence-corrected chi connectivity index (χ4v) is 3.99. The minimum absolute atomic E-state index is 0.0287. The predicted molar refractivity (Wildman–Crippen MR) is 123 cm³/mol. The van der Waals surface area contributed by atoms with Gasteiger partial charge in [-0.15, -0.1) is 11.3 Å². The van der Waals surface area contributed by atoms with Gasteiger partial charge in [0.15, 0.2) is 0 Å². The van der Waals surface area contributed by atoms with Gasteiger partial charge in [0.25, 0.3) is 0 Å². The summed E-state index contributed by atoms with van der Waals surface area (Å²) in [4.78, 5) is 16.9. The van der Waals surface area contributed by atoms with Crippen molar-refractivity contribution in [1.29, 1.82) is 0 Å². The molecule has 2 aromatic heterocycles. The van der Waals surface area contributed by atoms with Crippen LogP contribution >= 0.6 is 11.3 Å². The van der Waals surface area contributed by atoms with Crippen LogP contribution in [0, 0.1) is 0 Å². The first kappa shape index (κ1) is 20.8. The first-order valence-electron chi connectivity index (χ1n) is 10.2. The third-order valence-electron chi connectivity index (χ3n) is 4.70. The van der Waals surface area contributed by atoms with Crippen LogP contribution in [0.2, 0.25) is 0 Å². The maximum atomic E-state index is 12.3. The van der Waals surface area contributed by atoms with Crippen LogP contribution in [0.25, 0.3) is 16.3 Å². The van der Waals surface area contributed by atoms with E-state index in [1.165, 1.54) is 0 Å². The number of carbonyl (C=O) groups excluding carboxylic acids is 1. The second-order valence-corrected chi connectivity index (χ2v) is 7.86. The first-order valence-corrected chi connectivity index (χ1v) is 11.1. The zero-order valence-corrected chi connectivity index (χ0v) is 18.1. The fourth-order valence-electron chi connectivity index (χ4n) is 3.17. The van der Waals surface area contributed by atoms with Gasteiger partial charge in [0.2, 0.25) is 5.91 Å². The minimum Gasteiger partial charge on any atom is -0.494 e. The molecule has 0 unspecified atom stereocenters. The topological polar surface area (TPSA) is 69.0 Å². The first-order chi connectivity index (χ1) is 15.2. The van der Waals surface area contributed by atoms with Crippen LogP contribution in [-0.2, 0) is 17.6 Å². The Morgan fingerprint density at radius 2 is 1.94 bits per heavy atom. The molecule has 0 aliphatic heterocycles. The Balaban J connectivity index is 1.25. The molecular formula is C24H24N4O2S. The van der Waals surface area contributed by atoms with E-state index in [9.17, 15) is 4.79 Å². The van der Waals surface area contributed by atoms with E-state index in [1.54, 1.807) is 11.3 Å². The number of ether oxygens (including phenoxy) is 1. The van der Waals surface area contributed by atoms with Crippen molar-refractivity contribution in [1.82, 2.24) is 20.1 Å². The van der Waals surface area contributed by atoms with Crippen molar-refractivity contribution in [3.05, 3.63) is 83.6 Å². The summed E-state index contributed by atoms with van der Waals surface area (Å²) in [5.41, 5.74) is 3.90. The van der Waals surface area contributed by atoms with Crippen molar-refractivity contribution in [3.63, 3.8) is 0 Å². The molecule has 0 fully saturated rings. The van der Waals surface area contributed by atoms with Gasteiger partial charge in [0.1, 0.15) is 10.8 Å². The number of para-hydroxylation sites is 1. The second kappa shape index (κ2) is 10.0. The van der Waals surface area contributed by atoms with Crippen LogP contribution < -0.4 is 10.1 Å². The van der Waals surface area contributed by atoms with Gasteiger partial charge in [0, 0.05) is 23.7 Å². The number of nitrogens with one attached hydrogen (secondary N) is 1. The van der Waals surface area contributed by atoms with E-state index in [-0.39, 0.29) is 12.3 Å². The molecule has 158 valence electrons. The second-order valence-electron chi connectivity index (χ2n) is 7.01. The number of benzene rings is 2. The highest BCUT2D eigenvalue weighted by Gasteiger charge is 2.10. The van der Waals surface area contributed by atoms with Crippen molar-refractivity contribution >= 4 is 17.2 Å². The molecule has 0 aliphatic rings. The van der Waals surface area contributed by atoms with Crippen molar-refractivity contribution in [2.75, 3.05) is 13.2 Å². The van der Waals surface area contributed by atoms with E-state index < -0.39 is 0 Å². The molecule has 0 saturated heterocycles. The lowest BCUT2D eigenvalue weighted by Crippen LogP contribution is -2.27. The Labute approximate surface area is 185 Å². The van der Waals surface area contributed by atoms with Crippen molar-refractivity contribution in [2.45, 2.75) is 19.8 Å². The molecule has 0 bridgehead atoms. The molecule has 7 heteroatoms. The summed E-state index contributed by atoms with van der Waals surface area (Å²) in [7, 11) is 0. The highest BCUT2D eigenvalue weighted by atomic mass is 32.1. The summed E-state index contributed by atoms with van der Waals surface area (Å²) < 4.78 is 7.31. The Morgan fingerprint density at radius 1 is 1.13 bits per heavy atom. The van der Waals surface area contributed by atoms with Gasteiger partial charge >= 0.3 is 0 Å². The van der Waals surface area contributed by atoms with Gasteiger partial charge in [-0.3, -0.25) is 4.79 Å². The SMILES string of the molecule is CCOc1ccc(-c2nc(CC(=O)NCCc3cnn(-c4ccccc4)c3)cs2)cc1. The third kappa shape index (κ3) is 5.58. The molecule has 0 atom stereocenters. The van der Waals surface area contributed by atoms with Crippen LogP contribution in [0.3, 0.4) is 0 Å². The molecule has 2 aromatic carbocycles. The smallest absolute Gasteiger partial charge is 0.226 e. The van der Waals surface area contributed by atoms with Gasteiger partial charge in [0.05, 0.1) is 30.6 Å². The van der Waals surface area contributed by atoms with Crippen LogP contribution in [0.15, 0.2) is 72.4 Å².